The van der Waals surface area contributed by atoms with Gasteiger partial charge in [-0.3, -0.25) is 5.84 Å². The number of nitrogens with two attached hydrogens (primary N) is 1. The van der Waals surface area contributed by atoms with Crippen LogP contribution in [0.5, 0.6) is 0 Å². The first-order valence-electron chi connectivity index (χ1n) is 1.09. The van der Waals surface area contributed by atoms with E-state index < -0.39 is 7.75 Å². The zero-order valence-corrected chi connectivity index (χ0v) is 4.22. The molecular formula is H7N2O4P. The van der Waals surface area contributed by atoms with Gasteiger partial charge in [-0.1, -0.05) is 0 Å². The normalized spacial score (nSPS) is 10.1. The van der Waals surface area contributed by atoms with E-state index in [1.54, 1.807) is 0 Å². The van der Waals surface area contributed by atoms with Gasteiger partial charge in [0, 0.05) is 0 Å². The van der Waals surface area contributed by atoms with Crippen molar-refractivity contribution in [3.05, 3.63) is 0 Å². The fourth-order valence-corrected chi connectivity index (χ4v) is 0. The Morgan fingerprint density at radius 2 is 1.71 bits per heavy atom. The van der Waals surface area contributed by atoms with Crippen LogP contribution in [-0.4, -0.2) is 15.3 Å². The van der Waals surface area contributed by atoms with E-state index >= 15 is 0 Å². The smallest absolute Gasteiger partial charge is 0.412 e. The largest absolute Gasteiger partial charge is 0.413 e. The van der Waals surface area contributed by atoms with Crippen molar-refractivity contribution in [3.8, 4) is 0 Å². The maximum absolute atomic E-state index is 9.46. The molecule has 0 rings (SSSR count). The third-order valence-electron chi connectivity index (χ3n) is 0.168. The van der Waals surface area contributed by atoms with Gasteiger partial charge in [-0.15, -0.1) is 0 Å². The van der Waals surface area contributed by atoms with Gasteiger partial charge in [-0.25, -0.2) is 4.57 Å². The molecule has 0 aliphatic carbocycles. The standard InChI is InChI=1S/H5N2O3P.H2O/c1-2-6(3,4)5;/h1H2,(H3,2,3,4,5);1H2. The number of hydrogen-bond acceptors (Lipinski definition) is 2. The average Bonchev–Trinajstić information content (AvgIpc) is 1.35. The lowest BCUT2D eigenvalue weighted by Crippen LogP contribution is -2.16. The second-order valence-corrected chi connectivity index (χ2v) is 2.02. The van der Waals surface area contributed by atoms with Crippen molar-refractivity contribution < 1.29 is 19.8 Å². The fourth-order valence-electron chi connectivity index (χ4n) is 0. The van der Waals surface area contributed by atoms with Gasteiger partial charge in [-0.05, 0) is 0 Å². The molecule has 0 amide bonds. The molecular weight excluding hydrogens is 123 g/mol. The summed E-state index contributed by atoms with van der Waals surface area (Å²) in [7, 11) is -4.12. The highest BCUT2D eigenvalue weighted by Crippen LogP contribution is 2.24. The van der Waals surface area contributed by atoms with Gasteiger partial charge in [0.15, 0.2) is 0 Å². The SMILES string of the molecule is NNP(=O)(O)O.O. The molecule has 0 aliphatic rings. The zero-order valence-electron chi connectivity index (χ0n) is 3.33. The zero-order chi connectivity index (χ0) is 5.21. The molecule has 0 aromatic heterocycles. The quantitative estimate of drug-likeness (QED) is 0.180. The molecule has 0 fully saturated rings. The minimum absolute atomic E-state index is 0. The molecule has 0 heterocycles. The fraction of sp³-hybridized carbons (Fsp3) is 0. The molecule has 7 heteroatoms. The van der Waals surface area contributed by atoms with Crippen LogP contribution in [0.3, 0.4) is 0 Å². The van der Waals surface area contributed by atoms with Gasteiger partial charge >= 0.3 is 7.75 Å². The summed E-state index contributed by atoms with van der Waals surface area (Å²) in [5, 5.41) is 1.27. The first-order chi connectivity index (χ1) is 2.56. The Labute approximate surface area is 39.8 Å². The summed E-state index contributed by atoms with van der Waals surface area (Å²) in [5.74, 6) is 4.29. The van der Waals surface area contributed by atoms with E-state index in [4.69, 9.17) is 9.79 Å². The molecule has 7 heavy (non-hydrogen) atoms. The van der Waals surface area contributed by atoms with Crippen LogP contribution >= 0.6 is 7.75 Å². The molecule has 6 nitrogen and oxygen atoms in total. The van der Waals surface area contributed by atoms with E-state index in [0.717, 1.165) is 0 Å². The minimum atomic E-state index is -4.12. The number of rotatable bonds is 1. The Kier molecular flexibility index (Phi) is 4.46. The Hall–Kier alpha value is 0.0300. The second-order valence-electron chi connectivity index (χ2n) is 0.673. The molecule has 0 spiro atoms. The van der Waals surface area contributed by atoms with Gasteiger partial charge in [0.2, 0.25) is 0 Å². The Morgan fingerprint density at radius 1 is 1.57 bits per heavy atom. The minimum Gasteiger partial charge on any atom is -0.412 e. The number of nitrogens with one attached hydrogen (secondary N) is 1. The Balaban J connectivity index is 0. The molecule has 0 saturated carbocycles. The predicted molar refractivity (Wildman–Crippen MR) is 23.0 cm³/mol. The van der Waals surface area contributed by atoms with Crippen LogP contribution in [0.2, 0.25) is 0 Å². The summed E-state index contributed by atoms with van der Waals surface area (Å²) in [6, 6.07) is 0. The van der Waals surface area contributed by atoms with Gasteiger partial charge < -0.3 is 15.3 Å². The monoisotopic (exact) mass is 130 g/mol. The van der Waals surface area contributed by atoms with Crippen molar-refractivity contribution in [3.63, 3.8) is 0 Å². The Bertz CT molecular complexity index is 73.8. The number of hydrogen-bond donors (Lipinski definition) is 4. The highest BCUT2D eigenvalue weighted by Gasteiger charge is 2.05. The maximum Gasteiger partial charge on any atom is 0.413 e. The van der Waals surface area contributed by atoms with Gasteiger partial charge in [-0.2, -0.15) is 5.20 Å². The molecule has 0 saturated heterocycles. The Morgan fingerprint density at radius 3 is 1.71 bits per heavy atom. The van der Waals surface area contributed by atoms with Crippen LogP contribution in [0.15, 0.2) is 0 Å². The van der Waals surface area contributed by atoms with Gasteiger partial charge in [0.05, 0.1) is 0 Å². The van der Waals surface area contributed by atoms with Crippen LogP contribution in [0.4, 0.5) is 0 Å². The maximum atomic E-state index is 9.46. The molecule has 0 aliphatic heterocycles. The van der Waals surface area contributed by atoms with E-state index in [1.165, 1.54) is 5.20 Å². The summed E-state index contributed by atoms with van der Waals surface area (Å²) < 4.78 is 9.46. The molecule has 0 unspecified atom stereocenters. The van der Waals surface area contributed by atoms with Crippen molar-refractivity contribution in [2.45, 2.75) is 0 Å². The summed E-state index contributed by atoms with van der Waals surface area (Å²) in [5.41, 5.74) is 0. The molecule has 0 radical (unpaired) electrons. The summed E-state index contributed by atoms with van der Waals surface area (Å²) in [6.07, 6.45) is 0. The third-order valence-corrected chi connectivity index (χ3v) is 0.505. The average molecular weight is 130 g/mol. The van der Waals surface area contributed by atoms with Crippen molar-refractivity contribution in [2.75, 3.05) is 0 Å². The lowest BCUT2D eigenvalue weighted by molar-refractivity contribution is 0.358. The lowest BCUT2D eigenvalue weighted by atomic mass is 13.0. The molecule has 0 aromatic rings. The van der Waals surface area contributed by atoms with Crippen molar-refractivity contribution in [1.82, 2.24) is 5.20 Å². The third kappa shape index (κ3) is 10.7. The van der Waals surface area contributed by atoms with E-state index in [1.807, 2.05) is 0 Å². The van der Waals surface area contributed by atoms with Crippen molar-refractivity contribution >= 4 is 7.75 Å². The first kappa shape index (κ1) is 10.1. The predicted octanol–water partition coefficient (Wildman–Crippen LogP) is -2.28. The lowest BCUT2D eigenvalue weighted by Gasteiger charge is -1.94. The van der Waals surface area contributed by atoms with Crippen LogP contribution in [-0.2, 0) is 4.57 Å². The first-order valence-corrected chi connectivity index (χ1v) is 2.71. The summed E-state index contributed by atoms with van der Waals surface area (Å²) in [4.78, 5) is 15.4. The van der Waals surface area contributed by atoms with E-state index in [2.05, 4.69) is 5.84 Å². The van der Waals surface area contributed by atoms with Crippen molar-refractivity contribution in [1.29, 1.82) is 0 Å². The highest BCUT2D eigenvalue weighted by molar-refractivity contribution is 7.49. The topological polar surface area (TPSA) is 127 Å². The van der Waals surface area contributed by atoms with E-state index in [-0.39, 0.29) is 5.48 Å². The summed E-state index contributed by atoms with van der Waals surface area (Å²) >= 11 is 0. The molecule has 46 valence electrons. The highest BCUT2D eigenvalue weighted by atomic mass is 31.2. The number of hydrazine groups is 1. The molecule has 7 N–H and O–H groups in total. The molecule has 0 atom stereocenters. The second kappa shape index (κ2) is 3.09. The van der Waals surface area contributed by atoms with Crippen LogP contribution < -0.4 is 11.0 Å². The van der Waals surface area contributed by atoms with E-state index in [9.17, 15) is 4.57 Å². The molecule has 0 aromatic carbocycles. The van der Waals surface area contributed by atoms with Gasteiger partial charge in [0.1, 0.15) is 0 Å². The van der Waals surface area contributed by atoms with E-state index in [0.29, 0.717) is 0 Å². The van der Waals surface area contributed by atoms with Gasteiger partial charge in [0.25, 0.3) is 0 Å². The van der Waals surface area contributed by atoms with Crippen LogP contribution in [0, 0.1) is 0 Å². The van der Waals surface area contributed by atoms with Crippen LogP contribution in [0.1, 0.15) is 0 Å². The summed E-state index contributed by atoms with van der Waals surface area (Å²) in [6.45, 7) is 0. The van der Waals surface area contributed by atoms with Crippen molar-refractivity contribution in [2.24, 2.45) is 5.84 Å². The van der Waals surface area contributed by atoms with Crippen LogP contribution in [0.25, 0.3) is 0 Å². The molecule has 0 bridgehead atoms.